The van der Waals surface area contributed by atoms with Gasteiger partial charge >= 0.3 is 5.97 Å². The Balaban J connectivity index is 2.24. The molecule has 0 aliphatic rings. The van der Waals surface area contributed by atoms with Crippen molar-refractivity contribution in [1.29, 1.82) is 0 Å². The van der Waals surface area contributed by atoms with Crippen LogP contribution in [0.2, 0.25) is 5.15 Å². The van der Waals surface area contributed by atoms with Gasteiger partial charge in [0.25, 0.3) is 0 Å². The van der Waals surface area contributed by atoms with Crippen molar-refractivity contribution in [3.05, 3.63) is 45.9 Å². The smallest absolute Gasteiger partial charge is 0.351 e. The normalized spacial score (nSPS) is 10.4. The molecule has 0 aliphatic heterocycles. The average molecular weight is 327 g/mol. The second kappa shape index (κ2) is 7.40. The summed E-state index contributed by atoms with van der Waals surface area (Å²) < 4.78 is 4.67. The summed E-state index contributed by atoms with van der Waals surface area (Å²) in [6.45, 7) is 0.961. The molecule has 0 aliphatic carbocycles. The zero-order valence-corrected chi connectivity index (χ0v) is 13.0. The first-order valence-electron chi connectivity index (χ1n) is 6.30. The Labute approximate surface area is 131 Å². The number of hydrogen-bond acceptors (Lipinski definition) is 6. The number of carbonyl (C=O) groups is 1. The number of hydrogen-bond donors (Lipinski definition) is 1. The molecule has 112 valence electrons. The Morgan fingerprint density at radius 2 is 2.14 bits per heavy atom. The van der Waals surface area contributed by atoms with Crippen LogP contribution in [0, 0.1) is 0 Å². The standard InChI is InChI=1S/C14H15ClN2O3S/c1-20-13(19)11-12(15)16-14(21-11)17(7-8-18)9-10-5-3-2-4-6-10/h2-6,18H,7-9H2,1H3. The number of rotatable bonds is 6. The van der Waals surface area contributed by atoms with Crippen LogP contribution in [0.4, 0.5) is 5.13 Å². The maximum atomic E-state index is 11.6. The van der Waals surface area contributed by atoms with E-state index in [0.29, 0.717) is 18.2 Å². The van der Waals surface area contributed by atoms with E-state index < -0.39 is 5.97 Å². The summed E-state index contributed by atoms with van der Waals surface area (Å²) in [7, 11) is 1.30. The highest BCUT2D eigenvalue weighted by atomic mass is 35.5. The number of nitrogens with zero attached hydrogens (tertiary/aromatic N) is 2. The Kier molecular flexibility index (Phi) is 5.55. The molecule has 5 nitrogen and oxygen atoms in total. The quantitative estimate of drug-likeness (QED) is 0.827. The van der Waals surface area contributed by atoms with Crippen LogP contribution in [-0.4, -0.2) is 36.3 Å². The molecule has 1 heterocycles. The molecule has 0 radical (unpaired) electrons. The first kappa shape index (κ1) is 15.8. The summed E-state index contributed by atoms with van der Waals surface area (Å²) in [4.78, 5) is 17.9. The molecule has 0 bridgehead atoms. The van der Waals surface area contributed by atoms with E-state index >= 15 is 0 Å². The van der Waals surface area contributed by atoms with E-state index in [2.05, 4.69) is 9.72 Å². The lowest BCUT2D eigenvalue weighted by molar-refractivity contribution is 0.0606. The number of anilines is 1. The third-order valence-corrected chi connectivity index (χ3v) is 4.28. The molecule has 0 amide bonds. The molecular formula is C14H15ClN2O3S. The highest BCUT2D eigenvalue weighted by molar-refractivity contribution is 7.18. The van der Waals surface area contributed by atoms with E-state index in [1.165, 1.54) is 7.11 Å². The van der Waals surface area contributed by atoms with Crippen molar-refractivity contribution in [3.63, 3.8) is 0 Å². The number of aliphatic hydroxyl groups is 1. The summed E-state index contributed by atoms with van der Waals surface area (Å²) in [5.41, 5.74) is 1.08. The van der Waals surface area contributed by atoms with Gasteiger partial charge in [-0.25, -0.2) is 9.78 Å². The summed E-state index contributed by atoms with van der Waals surface area (Å²) >= 11 is 7.13. The van der Waals surface area contributed by atoms with Crippen molar-refractivity contribution in [2.45, 2.75) is 6.54 Å². The summed E-state index contributed by atoms with van der Waals surface area (Å²) in [6.07, 6.45) is 0. The second-order valence-electron chi connectivity index (χ2n) is 4.24. The molecular weight excluding hydrogens is 312 g/mol. The van der Waals surface area contributed by atoms with Crippen molar-refractivity contribution in [3.8, 4) is 0 Å². The fourth-order valence-electron chi connectivity index (χ4n) is 1.81. The van der Waals surface area contributed by atoms with Crippen molar-refractivity contribution >= 4 is 34.0 Å². The van der Waals surface area contributed by atoms with Crippen LogP contribution in [0.1, 0.15) is 15.2 Å². The van der Waals surface area contributed by atoms with Crippen LogP contribution in [0.5, 0.6) is 0 Å². The lowest BCUT2D eigenvalue weighted by Gasteiger charge is -2.20. The number of aliphatic hydroxyl groups excluding tert-OH is 1. The van der Waals surface area contributed by atoms with Crippen LogP contribution >= 0.6 is 22.9 Å². The average Bonchev–Trinajstić information content (AvgIpc) is 2.89. The molecule has 0 fully saturated rings. The molecule has 2 rings (SSSR count). The molecule has 21 heavy (non-hydrogen) atoms. The van der Waals surface area contributed by atoms with E-state index in [-0.39, 0.29) is 16.6 Å². The lowest BCUT2D eigenvalue weighted by Crippen LogP contribution is -2.25. The molecule has 1 aromatic heterocycles. The maximum absolute atomic E-state index is 11.6. The van der Waals surface area contributed by atoms with Gasteiger partial charge in [0.1, 0.15) is 0 Å². The molecule has 0 spiro atoms. The number of ether oxygens (including phenoxy) is 1. The number of halogens is 1. The SMILES string of the molecule is COC(=O)c1sc(N(CCO)Cc2ccccc2)nc1Cl. The number of thiazole rings is 1. The summed E-state index contributed by atoms with van der Waals surface area (Å²) in [5, 5.41) is 9.92. The second-order valence-corrected chi connectivity index (χ2v) is 5.57. The van der Waals surface area contributed by atoms with Gasteiger partial charge in [0, 0.05) is 13.1 Å². The van der Waals surface area contributed by atoms with Gasteiger partial charge in [0.05, 0.1) is 13.7 Å². The highest BCUT2D eigenvalue weighted by Crippen LogP contribution is 2.31. The molecule has 0 atom stereocenters. The third-order valence-electron chi connectivity index (χ3n) is 2.80. The van der Waals surface area contributed by atoms with Gasteiger partial charge in [-0.2, -0.15) is 0 Å². The van der Waals surface area contributed by atoms with E-state index in [4.69, 9.17) is 11.6 Å². The first-order valence-corrected chi connectivity index (χ1v) is 7.49. The van der Waals surface area contributed by atoms with Crippen LogP contribution in [0.15, 0.2) is 30.3 Å². The largest absolute Gasteiger partial charge is 0.465 e. The Hall–Kier alpha value is -1.63. The van der Waals surface area contributed by atoms with Crippen LogP contribution in [0.3, 0.4) is 0 Å². The van der Waals surface area contributed by atoms with E-state index in [1.54, 1.807) is 0 Å². The monoisotopic (exact) mass is 326 g/mol. The summed E-state index contributed by atoms with van der Waals surface area (Å²) in [6, 6.07) is 9.81. The Morgan fingerprint density at radius 1 is 1.43 bits per heavy atom. The Morgan fingerprint density at radius 3 is 2.76 bits per heavy atom. The maximum Gasteiger partial charge on any atom is 0.351 e. The van der Waals surface area contributed by atoms with Gasteiger partial charge in [-0.1, -0.05) is 53.3 Å². The number of benzene rings is 1. The topological polar surface area (TPSA) is 62.7 Å². The number of methoxy groups -OCH3 is 1. The van der Waals surface area contributed by atoms with Crippen molar-refractivity contribution in [2.24, 2.45) is 0 Å². The molecule has 2 aromatic rings. The zero-order chi connectivity index (χ0) is 15.2. The fraction of sp³-hybridized carbons (Fsp3) is 0.286. The molecule has 1 N–H and O–H groups in total. The Bertz CT molecular complexity index is 604. The molecule has 0 unspecified atom stereocenters. The third kappa shape index (κ3) is 3.93. The fourth-order valence-corrected chi connectivity index (χ4v) is 3.04. The van der Waals surface area contributed by atoms with E-state index in [0.717, 1.165) is 16.9 Å². The highest BCUT2D eigenvalue weighted by Gasteiger charge is 2.20. The van der Waals surface area contributed by atoms with Crippen molar-refractivity contribution in [1.82, 2.24) is 4.98 Å². The van der Waals surface area contributed by atoms with Crippen LogP contribution in [0.25, 0.3) is 0 Å². The van der Waals surface area contributed by atoms with Gasteiger partial charge in [0.15, 0.2) is 15.2 Å². The number of carbonyl (C=O) groups excluding carboxylic acids is 1. The molecule has 0 saturated carbocycles. The zero-order valence-electron chi connectivity index (χ0n) is 11.5. The number of esters is 1. The first-order chi connectivity index (χ1) is 10.2. The van der Waals surface area contributed by atoms with Crippen LogP contribution in [-0.2, 0) is 11.3 Å². The predicted molar refractivity (Wildman–Crippen MR) is 83.0 cm³/mol. The summed E-state index contributed by atoms with van der Waals surface area (Å²) in [5.74, 6) is -0.507. The van der Waals surface area contributed by atoms with E-state index in [1.807, 2.05) is 35.2 Å². The van der Waals surface area contributed by atoms with Crippen molar-refractivity contribution in [2.75, 3.05) is 25.2 Å². The lowest BCUT2D eigenvalue weighted by atomic mass is 10.2. The molecule has 0 saturated heterocycles. The van der Waals surface area contributed by atoms with E-state index in [9.17, 15) is 9.90 Å². The minimum Gasteiger partial charge on any atom is -0.465 e. The van der Waals surface area contributed by atoms with Gasteiger partial charge in [-0.15, -0.1) is 0 Å². The van der Waals surface area contributed by atoms with Gasteiger partial charge in [-0.3, -0.25) is 0 Å². The number of aromatic nitrogens is 1. The minimum atomic E-state index is -0.507. The van der Waals surface area contributed by atoms with Crippen LogP contribution < -0.4 is 4.90 Å². The van der Waals surface area contributed by atoms with Gasteiger partial charge < -0.3 is 14.7 Å². The van der Waals surface area contributed by atoms with Gasteiger partial charge in [-0.05, 0) is 5.56 Å². The minimum absolute atomic E-state index is 0.0163. The van der Waals surface area contributed by atoms with Crippen molar-refractivity contribution < 1.29 is 14.6 Å². The predicted octanol–water partition coefficient (Wildman–Crippen LogP) is 2.58. The molecule has 7 heteroatoms. The molecule has 1 aromatic carbocycles. The van der Waals surface area contributed by atoms with Gasteiger partial charge in [0.2, 0.25) is 0 Å².